The first-order valence-electron chi connectivity index (χ1n) is 8.40. The summed E-state index contributed by atoms with van der Waals surface area (Å²) in [6.07, 6.45) is 4.12. The topological polar surface area (TPSA) is 68.6 Å². The number of hydrogen-bond acceptors (Lipinski definition) is 5. The number of nitrogens with one attached hydrogen (secondary N) is 1. The first kappa shape index (κ1) is 16.4. The van der Waals surface area contributed by atoms with E-state index in [0.29, 0.717) is 12.2 Å². The van der Waals surface area contributed by atoms with Crippen molar-refractivity contribution in [1.82, 2.24) is 20.0 Å². The van der Waals surface area contributed by atoms with Gasteiger partial charge in [-0.25, -0.2) is 0 Å². The number of carbonyl (C=O) groups is 1. The number of amides is 1. The lowest BCUT2D eigenvalue weighted by atomic mass is 9.99. The molecule has 2 aliphatic rings. The fraction of sp³-hybridized carbons (Fsp3) is 0.750. The zero-order valence-electron chi connectivity index (χ0n) is 13.7. The summed E-state index contributed by atoms with van der Waals surface area (Å²) in [6.45, 7) is 5.99. The normalized spacial score (nSPS) is 23.8. The molecule has 1 unspecified atom stereocenters. The van der Waals surface area contributed by atoms with Gasteiger partial charge in [-0.05, 0) is 24.8 Å². The van der Waals surface area contributed by atoms with Crippen molar-refractivity contribution in [2.24, 2.45) is 13.0 Å². The molecule has 1 N–H and O–H groups in total. The van der Waals surface area contributed by atoms with Crippen LogP contribution in [0.2, 0.25) is 0 Å². The lowest BCUT2D eigenvalue weighted by molar-refractivity contribution is -0.0377. The molecule has 3 rings (SSSR count). The zero-order chi connectivity index (χ0) is 16.1. The van der Waals surface area contributed by atoms with E-state index in [2.05, 4.69) is 15.3 Å². The van der Waals surface area contributed by atoms with Gasteiger partial charge in [-0.2, -0.15) is 5.10 Å². The van der Waals surface area contributed by atoms with E-state index in [1.165, 1.54) is 0 Å². The highest BCUT2D eigenvalue weighted by Crippen LogP contribution is 2.17. The number of rotatable bonds is 5. The second-order valence-corrected chi connectivity index (χ2v) is 6.39. The van der Waals surface area contributed by atoms with Crippen LogP contribution in [0.4, 0.5) is 0 Å². The Morgan fingerprint density at radius 3 is 2.96 bits per heavy atom. The molecular weight excluding hydrogens is 296 g/mol. The van der Waals surface area contributed by atoms with Crippen molar-refractivity contribution < 1.29 is 14.3 Å². The molecule has 3 heterocycles. The van der Waals surface area contributed by atoms with Crippen LogP contribution in [-0.4, -0.2) is 72.7 Å². The van der Waals surface area contributed by atoms with Crippen LogP contribution in [0, 0.1) is 5.92 Å². The summed E-state index contributed by atoms with van der Waals surface area (Å²) < 4.78 is 12.8. The molecule has 1 aromatic heterocycles. The van der Waals surface area contributed by atoms with Gasteiger partial charge in [-0.15, -0.1) is 0 Å². The van der Waals surface area contributed by atoms with Crippen molar-refractivity contribution in [3.8, 4) is 0 Å². The number of ether oxygens (including phenoxy) is 2. The summed E-state index contributed by atoms with van der Waals surface area (Å²) >= 11 is 0. The Bertz CT molecular complexity index is 513. The molecule has 7 heteroatoms. The summed E-state index contributed by atoms with van der Waals surface area (Å²) in [6, 6.07) is 1.72. The number of aryl methyl sites for hydroxylation is 1. The van der Waals surface area contributed by atoms with Crippen molar-refractivity contribution >= 4 is 5.91 Å². The fourth-order valence-electron chi connectivity index (χ4n) is 3.20. The number of nitrogens with zero attached hydrogens (tertiary/aromatic N) is 3. The van der Waals surface area contributed by atoms with E-state index < -0.39 is 0 Å². The molecule has 23 heavy (non-hydrogen) atoms. The Balaban J connectivity index is 1.42. The SMILES string of the molecule is Cn1ccc(C(=O)NCC2CN(CC3CCOCC3)CCO2)n1. The van der Waals surface area contributed by atoms with E-state index in [9.17, 15) is 4.79 Å². The Morgan fingerprint density at radius 1 is 1.39 bits per heavy atom. The molecule has 0 aromatic carbocycles. The molecule has 7 nitrogen and oxygen atoms in total. The average Bonchev–Trinajstić information content (AvgIpc) is 3.01. The van der Waals surface area contributed by atoms with Gasteiger partial charge >= 0.3 is 0 Å². The monoisotopic (exact) mass is 322 g/mol. The highest BCUT2D eigenvalue weighted by atomic mass is 16.5. The quantitative estimate of drug-likeness (QED) is 0.843. The van der Waals surface area contributed by atoms with E-state index >= 15 is 0 Å². The third-order valence-electron chi connectivity index (χ3n) is 4.52. The predicted molar refractivity (Wildman–Crippen MR) is 85.3 cm³/mol. The van der Waals surface area contributed by atoms with E-state index in [1.807, 2.05) is 0 Å². The number of morpholine rings is 1. The van der Waals surface area contributed by atoms with E-state index in [4.69, 9.17) is 9.47 Å². The van der Waals surface area contributed by atoms with Crippen molar-refractivity contribution in [1.29, 1.82) is 0 Å². The molecule has 0 saturated carbocycles. The lowest BCUT2D eigenvalue weighted by Crippen LogP contribution is -2.49. The maximum atomic E-state index is 12.0. The third-order valence-corrected chi connectivity index (χ3v) is 4.52. The van der Waals surface area contributed by atoms with Gasteiger partial charge in [-0.3, -0.25) is 14.4 Å². The molecular formula is C16H26N4O3. The average molecular weight is 322 g/mol. The van der Waals surface area contributed by atoms with E-state index in [0.717, 1.165) is 58.2 Å². The Kier molecular flexibility index (Phi) is 5.64. The number of aromatic nitrogens is 2. The lowest BCUT2D eigenvalue weighted by Gasteiger charge is -2.36. The predicted octanol–water partition coefficient (Wildman–Crippen LogP) is 0.277. The third kappa shape index (κ3) is 4.76. The van der Waals surface area contributed by atoms with Gasteiger partial charge in [0.15, 0.2) is 0 Å². The van der Waals surface area contributed by atoms with Crippen molar-refractivity contribution in [2.75, 3.05) is 46.0 Å². The van der Waals surface area contributed by atoms with E-state index in [-0.39, 0.29) is 12.0 Å². The summed E-state index contributed by atoms with van der Waals surface area (Å²) in [5.74, 6) is 0.585. The van der Waals surface area contributed by atoms with Crippen LogP contribution in [0.3, 0.4) is 0 Å². The minimum Gasteiger partial charge on any atom is -0.381 e. The van der Waals surface area contributed by atoms with Crippen LogP contribution in [0.1, 0.15) is 23.3 Å². The maximum absolute atomic E-state index is 12.0. The number of carbonyl (C=O) groups excluding carboxylic acids is 1. The van der Waals surface area contributed by atoms with Crippen molar-refractivity contribution in [3.05, 3.63) is 18.0 Å². The summed E-state index contributed by atoms with van der Waals surface area (Å²) in [5, 5.41) is 7.03. The van der Waals surface area contributed by atoms with Gasteiger partial charge in [0, 0.05) is 52.6 Å². The molecule has 2 fully saturated rings. The summed E-state index contributed by atoms with van der Waals surface area (Å²) in [4.78, 5) is 14.5. The maximum Gasteiger partial charge on any atom is 0.271 e. The first-order valence-corrected chi connectivity index (χ1v) is 8.40. The highest BCUT2D eigenvalue weighted by molar-refractivity contribution is 5.92. The van der Waals surface area contributed by atoms with Crippen LogP contribution < -0.4 is 5.32 Å². The van der Waals surface area contributed by atoms with Gasteiger partial charge in [0.2, 0.25) is 0 Å². The van der Waals surface area contributed by atoms with Crippen LogP contribution in [0.15, 0.2) is 12.3 Å². The smallest absolute Gasteiger partial charge is 0.271 e. The van der Waals surface area contributed by atoms with Crippen molar-refractivity contribution in [2.45, 2.75) is 18.9 Å². The molecule has 2 aliphatic heterocycles. The largest absolute Gasteiger partial charge is 0.381 e. The van der Waals surface area contributed by atoms with Crippen LogP contribution in [-0.2, 0) is 16.5 Å². The molecule has 1 amide bonds. The highest BCUT2D eigenvalue weighted by Gasteiger charge is 2.24. The van der Waals surface area contributed by atoms with E-state index in [1.54, 1.807) is 24.0 Å². The minimum absolute atomic E-state index is 0.0521. The van der Waals surface area contributed by atoms with Crippen molar-refractivity contribution in [3.63, 3.8) is 0 Å². The summed E-state index contributed by atoms with van der Waals surface area (Å²) in [5.41, 5.74) is 0.447. The van der Waals surface area contributed by atoms with Gasteiger partial charge in [0.1, 0.15) is 5.69 Å². The molecule has 0 spiro atoms. The standard InChI is InChI=1S/C16H26N4O3/c1-19-5-2-15(18-19)16(21)17-10-14-12-20(6-9-23-14)11-13-3-7-22-8-4-13/h2,5,13-14H,3-4,6-12H2,1H3,(H,17,21). The number of hydrogen-bond donors (Lipinski definition) is 1. The van der Waals surface area contributed by atoms with Crippen LogP contribution in [0.5, 0.6) is 0 Å². The Morgan fingerprint density at radius 2 is 2.22 bits per heavy atom. The molecule has 1 atom stereocenters. The molecule has 1 aromatic rings. The second kappa shape index (κ2) is 7.90. The zero-order valence-corrected chi connectivity index (χ0v) is 13.7. The fourth-order valence-corrected chi connectivity index (χ4v) is 3.20. The van der Waals surface area contributed by atoms with Gasteiger partial charge in [0.25, 0.3) is 5.91 Å². The Labute approximate surface area is 136 Å². The Hall–Kier alpha value is -1.44. The molecule has 2 saturated heterocycles. The summed E-state index contributed by atoms with van der Waals surface area (Å²) in [7, 11) is 1.80. The van der Waals surface area contributed by atoms with Gasteiger partial charge in [-0.1, -0.05) is 0 Å². The molecule has 0 radical (unpaired) electrons. The molecule has 0 aliphatic carbocycles. The second-order valence-electron chi connectivity index (χ2n) is 6.39. The molecule has 128 valence electrons. The van der Waals surface area contributed by atoms with Gasteiger partial charge in [0.05, 0.1) is 12.7 Å². The van der Waals surface area contributed by atoms with Crippen LogP contribution in [0.25, 0.3) is 0 Å². The molecule has 0 bridgehead atoms. The van der Waals surface area contributed by atoms with Gasteiger partial charge < -0.3 is 14.8 Å². The first-order chi connectivity index (χ1) is 11.2. The van der Waals surface area contributed by atoms with Crippen LogP contribution >= 0.6 is 0 Å². The minimum atomic E-state index is -0.143.